The Bertz CT molecular complexity index is 698. The molecular formula is C17H17FN2O3S. The van der Waals surface area contributed by atoms with E-state index in [1.807, 2.05) is 0 Å². The van der Waals surface area contributed by atoms with Gasteiger partial charge in [-0.05, 0) is 48.4 Å². The SMILES string of the molecule is O=C(NCCN1C(=O)S/C(=C/c2ccc(F)cc2)C1=O)C1CCC1. The maximum atomic E-state index is 12.9. The Morgan fingerprint density at radius 3 is 2.62 bits per heavy atom. The lowest BCUT2D eigenvalue weighted by Crippen LogP contribution is -2.40. The van der Waals surface area contributed by atoms with Crippen LogP contribution in [0.15, 0.2) is 29.2 Å². The largest absolute Gasteiger partial charge is 0.354 e. The molecule has 1 heterocycles. The Labute approximate surface area is 143 Å². The van der Waals surface area contributed by atoms with E-state index in [1.165, 1.54) is 12.1 Å². The maximum Gasteiger partial charge on any atom is 0.293 e. The van der Waals surface area contributed by atoms with Crippen molar-refractivity contribution < 1.29 is 18.8 Å². The van der Waals surface area contributed by atoms with E-state index in [4.69, 9.17) is 0 Å². The summed E-state index contributed by atoms with van der Waals surface area (Å²) in [5.74, 6) is -0.664. The van der Waals surface area contributed by atoms with Crippen molar-refractivity contribution in [2.24, 2.45) is 5.92 Å². The van der Waals surface area contributed by atoms with Gasteiger partial charge < -0.3 is 5.32 Å². The van der Waals surface area contributed by atoms with Crippen molar-refractivity contribution in [2.45, 2.75) is 19.3 Å². The van der Waals surface area contributed by atoms with Crippen molar-refractivity contribution >= 4 is 34.9 Å². The van der Waals surface area contributed by atoms with Crippen LogP contribution in [0.3, 0.4) is 0 Å². The predicted octanol–water partition coefficient (Wildman–Crippen LogP) is 2.78. The van der Waals surface area contributed by atoms with Gasteiger partial charge in [0.25, 0.3) is 11.1 Å². The fourth-order valence-electron chi connectivity index (χ4n) is 2.51. The summed E-state index contributed by atoms with van der Waals surface area (Å²) >= 11 is 0.854. The van der Waals surface area contributed by atoms with E-state index >= 15 is 0 Å². The fourth-order valence-corrected chi connectivity index (χ4v) is 3.37. The molecule has 1 aliphatic heterocycles. The zero-order chi connectivity index (χ0) is 17.1. The van der Waals surface area contributed by atoms with Gasteiger partial charge in [0.1, 0.15) is 5.82 Å². The number of halogens is 1. The predicted molar refractivity (Wildman–Crippen MR) is 89.4 cm³/mol. The zero-order valence-electron chi connectivity index (χ0n) is 13.0. The third-order valence-corrected chi connectivity index (χ3v) is 5.06. The maximum absolute atomic E-state index is 12.9. The third kappa shape index (κ3) is 3.67. The van der Waals surface area contributed by atoms with Gasteiger partial charge in [0, 0.05) is 19.0 Å². The number of carbonyl (C=O) groups excluding carboxylic acids is 3. The molecule has 0 unspecified atom stereocenters. The van der Waals surface area contributed by atoms with Crippen LogP contribution in [0.4, 0.5) is 9.18 Å². The van der Waals surface area contributed by atoms with Crippen LogP contribution in [0.25, 0.3) is 6.08 Å². The van der Waals surface area contributed by atoms with Gasteiger partial charge in [-0.15, -0.1) is 0 Å². The van der Waals surface area contributed by atoms with Crippen molar-refractivity contribution in [3.63, 3.8) is 0 Å². The molecule has 3 rings (SSSR count). The van der Waals surface area contributed by atoms with E-state index < -0.39 is 0 Å². The van der Waals surface area contributed by atoms with Gasteiger partial charge in [0.2, 0.25) is 5.91 Å². The Kier molecular flexibility index (Phi) is 4.99. The second-order valence-electron chi connectivity index (χ2n) is 5.80. The molecule has 0 radical (unpaired) electrons. The lowest BCUT2D eigenvalue weighted by atomic mass is 9.85. The number of rotatable bonds is 5. The molecule has 24 heavy (non-hydrogen) atoms. The van der Waals surface area contributed by atoms with E-state index in [0.717, 1.165) is 35.9 Å². The Morgan fingerprint density at radius 1 is 1.29 bits per heavy atom. The van der Waals surface area contributed by atoms with Crippen LogP contribution in [0.5, 0.6) is 0 Å². The molecule has 0 bridgehead atoms. The van der Waals surface area contributed by atoms with Gasteiger partial charge in [-0.2, -0.15) is 0 Å². The van der Waals surface area contributed by atoms with Crippen LogP contribution in [0.1, 0.15) is 24.8 Å². The van der Waals surface area contributed by atoms with E-state index in [0.29, 0.717) is 10.5 Å². The van der Waals surface area contributed by atoms with Crippen molar-refractivity contribution in [1.82, 2.24) is 10.2 Å². The van der Waals surface area contributed by atoms with Gasteiger partial charge >= 0.3 is 0 Å². The van der Waals surface area contributed by atoms with Gasteiger partial charge in [0.05, 0.1) is 4.91 Å². The zero-order valence-corrected chi connectivity index (χ0v) is 13.8. The number of hydrogen-bond donors (Lipinski definition) is 1. The highest BCUT2D eigenvalue weighted by atomic mass is 32.2. The lowest BCUT2D eigenvalue weighted by Gasteiger charge is -2.24. The molecule has 1 saturated carbocycles. The van der Waals surface area contributed by atoms with Crippen LogP contribution >= 0.6 is 11.8 Å². The highest BCUT2D eigenvalue weighted by Gasteiger charge is 2.35. The van der Waals surface area contributed by atoms with Gasteiger partial charge in [-0.1, -0.05) is 18.6 Å². The van der Waals surface area contributed by atoms with Crippen LogP contribution in [-0.2, 0) is 9.59 Å². The minimum Gasteiger partial charge on any atom is -0.354 e. The number of thioether (sulfide) groups is 1. The van der Waals surface area contributed by atoms with Gasteiger partial charge in [-0.3, -0.25) is 19.3 Å². The first-order chi connectivity index (χ1) is 11.5. The van der Waals surface area contributed by atoms with E-state index in [2.05, 4.69) is 5.32 Å². The van der Waals surface area contributed by atoms with Gasteiger partial charge in [0.15, 0.2) is 0 Å². The molecule has 2 fully saturated rings. The summed E-state index contributed by atoms with van der Waals surface area (Å²) < 4.78 is 12.9. The number of amides is 3. The van der Waals surface area contributed by atoms with Crippen molar-refractivity contribution in [3.8, 4) is 0 Å². The topological polar surface area (TPSA) is 66.5 Å². The van der Waals surface area contributed by atoms with E-state index in [-0.39, 0.29) is 41.9 Å². The minimum atomic E-state index is -0.382. The lowest BCUT2D eigenvalue weighted by molar-refractivity contribution is -0.128. The second kappa shape index (κ2) is 7.17. The summed E-state index contributed by atoms with van der Waals surface area (Å²) in [6, 6.07) is 5.68. The number of imide groups is 1. The fraction of sp³-hybridized carbons (Fsp3) is 0.353. The minimum absolute atomic E-state index is 0.00456. The average Bonchev–Trinajstić information content (AvgIpc) is 2.75. The highest BCUT2D eigenvalue weighted by molar-refractivity contribution is 8.18. The molecule has 5 nitrogen and oxygen atoms in total. The molecule has 1 aromatic carbocycles. The summed E-state index contributed by atoms with van der Waals surface area (Å²) in [4.78, 5) is 37.4. The Hall–Kier alpha value is -2.15. The standard InChI is InChI=1S/C17H17FN2O3S/c18-13-6-4-11(5-7-13)10-14-16(22)20(17(23)24-14)9-8-19-15(21)12-2-1-3-12/h4-7,10,12H,1-3,8-9H2,(H,19,21)/b14-10+. The molecule has 0 atom stereocenters. The molecule has 1 aromatic rings. The van der Waals surface area contributed by atoms with Crippen LogP contribution in [-0.4, -0.2) is 35.0 Å². The van der Waals surface area contributed by atoms with Crippen molar-refractivity contribution in [1.29, 1.82) is 0 Å². The molecule has 1 saturated heterocycles. The molecule has 1 aliphatic carbocycles. The molecule has 3 amide bonds. The summed E-state index contributed by atoms with van der Waals surface area (Å²) in [6.45, 7) is 0.418. The molecule has 2 aliphatic rings. The van der Waals surface area contributed by atoms with Crippen molar-refractivity contribution in [3.05, 3.63) is 40.6 Å². The number of hydrogen-bond acceptors (Lipinski definition) is 4. The number of nitrogens with zero attached hydrogens (tertiary/aromatic N) is 1. The summed E-state index contributed by atoms with van der Waals surface area (Å²) in [5.41, 5.74) is 0.653. The summed E-state index contributed by atoms with van der Waals surface area (Å²) in [5, 5.41) is 2.41. The number of carbonyl (C=O) groups is 3. The normalized spacial score (nSPS) is 19.7. The molecule has 126 valence electrons. The number of benzene rings is 1. The first-order valence-electron chi connectivity index (χ1n) is 7.83. The van der Waals surface area contributed by atoms with E-state index in [1.54, 1.807) is 18.2 Å². The third-order valence-electron chi connectivity index (χ3n) is 4.15. The average molecular weight is 348 g/mol. The second-order valence-corrected chi connectivity index (χ2v) is 6.80. The van der Waals surface area contributed by atoms with Crippen molar-refractivity contribution in [2.75, 3.05) is 13.1 Å². The first-order valence-corrected chi connectivity index (χ1v) is 8.65. The molecule has 1 N–H and O–H groups in total. The Balaban J connectivity index is 1.57. The smallest absolute Gasteiger partial charge is 0.293 e. The molecule has 0 aromatic heterocycles. The quantitative estimate of drug-likeness (QED) is 0.831. The van der Waals surface area contributed by atoms with Gasteiger partial charge in [-0.25, -0.2) is 4.39 Å². The molecule has 7 heteroatoms. The summed E-state index contributed by atoms with van der Waals surface area (Å²) in [7, 11) is 0. The molecule has 0 spiro atoms. The highest BCUT2D eigenvalue weighted by Crippen LogP contribution is 2.32. The van der Waals surface area contributed by atoms with Crippen LogP contribution < -0.4 is 5.32 Å². The van der Waals surface area contributed by atoms with Crippen LogP contribution in [0, 0.1) is 11.7 Å². The van der Waals surface area contributed by atoms with E-state index in [9.17, 15) is 18.8 Å². The van der Waals surface area contributed by atoms with Crippen LogP contribution in [0.2, 0.25) is 0 Å². The Morgan fingerprint density at radius 2 is 2.00 bits per heavy atom. The first kappa shape index (κ1) is 16.7. The number of nitrogens with one attached hydrogen (secondary N) is 1. The summed E-state index contributed by atoms with van der Waals surface area (Å²) in [6.07, 6.45) is 4.47. The monoisotopic (exact) mass is 348 g/mol. The molecular weight excluding hydrogens is 331 g/mol.